The molecule has 0 spiro atoms. The Morgan fingerprint density at radius 1 is 1.36 bits per heavy atom. The first kappa shape index (κ1) is 16.8. The van der Waals surface area contributed by atoms with Crippen LogP contribution in [0.2, 0.25) is 0 Å². The van der Waals surface area contributed by atoms with Gasteiger partial charge in [0.05, 0.1) is 13.0 Å². The molecule has 1 aliphatic rings. The van der Waals surface area contributed by atoms with E-state index in [1.807, 2.05) is 18.0 Å². The molecular formula is C18H28N2O2. The lowest BCUT2D eigenvalue weighted by Gasteiger charge is -2.17. The summed E-state index contributed by atoms with van der Waals surface area (Å²) < 4.78 is 5.84. The Labute approximate surface area is 133 Å². The van der Waals surface area contributed by atoms with Gasteiger partial charge in [-0.2, -0.15) is 0 Å². The Bertz CT molecular complexity index is 528. The highest BCUT2D eigenvalue weighted by Crippen LogP contribution is 2.23. The summed E-state index contributed by atoms with van der Waals surface area (Å²) in [6, 6.07) is 4.20. The minimum absolute atomic E-state index is 0.209. The maximum atomic E-state index is 12.2. The number of rotatable bonds is 6. The number of hydrogen-bond donors (Lipinski definition) is 1. The zero-order chi connectivity index (χ0) is 16.1. The number of likely N-dealkylation sites (tertiary alicyclic amines) is 1. The van der Waals surface area contributed by atoms with E-state index in [4.69, 9.17) is 4.74 Å². The number of amides is 1. The molecule has 22 heavy (non-hydrogen) atoms. The van der Waals surface area contributed by atoms with E-state index in [9.17, 15) is 4.79 Å². The van der Waals surface area contributed by atoms with Crippen molar-refractivity contribution in [3.8, 4) is 5.75 Å². The fourth-order valence-electron chi connectivity index (χ4n) is 3.07. The molecule has 0 aromatic heterocycles. The summed E-state index contributed by atoms with van der Waals surface area (Å²) in [4.78, 5) is 14.2. The van der Waals surface area contributed by atoms with Crippen LogP contribution in [0.15, 0.2) is 12.1 Å². The Morgan fingerprint density at radius 2 is 2.14 bits per heavy atom. The molecule has 1 fully saturated rings. The van der Waals surface area contributed by atoms with Crippen molar-refractivity contribution in [1.82, 2.24) is 10.2 Å². The SMILES string of the molecule is CNCC1CCN(C(=O)CCOc2cc(C)cc(C)c2C)C1. The molecule has 1 amide bonds. The third-order valence-corrected chi connectivity index (χ3v) is 4.47. The molecule has 0 aliphatic carbocycles. The van der Waals surface area contributed by atoms with Crippen molar-refractivity contribution in [3.63, 3.8) is 0 Å². The number of nitrogens with one attached hydrogen (secondary N) is 1. The van der Waals surface area contributed by atoms with Gasteiger partial charge in [-0.3, -0.25) is 4.79 Å². The second kappa shape index (κ2) is 7.63. The van der Waals surface area contributed by atoms with E-state index in [0.717, 1.165) is 37.4 Å². The maximum absolute atomic E-state index is 12.2. The third-order valence-electron chi connectivity index (χ3n) is 4.47. The minimum atomic E-state index is 0.209. The highest BCUT2D eigenvalue weighted by molar-refractivity contribution is 5.76. The number of hydrogen-bond acceptors (Lipinski definition) is 3. The molecule has 4 heteroatoms. The van der Waals surface area contributed by atoms with Crippen molar-refractivity contribution in [3.05, 3.63) is 28.8 Å². The third kappa shape index (κ3) is 4.23. The zero-order valence-electron chi connectivity index (χ0n) is 14.2. The monoisotopic (exact) mass is 304 g/mol. The molecule has 0 saturated carbocycles. The van der Waals surface area contributed by atoms with E-state index in [1.54, 1.807) is 0 Å². The molecule has 2 rings (SSSR count). The number of nitrogens with zero attached hydrogens (tertiary/aromatic N) is 1. The number of aryl methyl sites for hydroxylation is 2. The van der Waals surface area contributed by atoms with Gasteiger partial charge in [-0.1, -0.05) is 6.07 Å². The van der Waals surface area contributed by atoms with Gasteiger partial charge in [0, 0.05) is 13.1 Å². The average Bonchev–Trinajstić information content (AvgIpc) is 2.93. The van der Waals surface area contributed by atoms with Gasteiger partial charge >= 0.3 is 0 Å². The lowest BCUT2D eigenvalue weighted by Crippen LogP contribution is -2.31. The van der Waals surface area contributed by atoms with Crippen LogP contribution in [-0.2, 0) is 4.79 Å². The minimum Gasteiger partial charge on any atom is -0.493 e. The summed E-state index contributed by atoms with van der Waals surface area (Å²) >= 11 is 0. The summed E-state index contributed by atoms with van der Waals surface area (Å²) in [7, 11) is 1.96. The van der Waals surface area contributed by atoms with Crippen molar-refractivity contribution >= 4 is 5.91 Å². The molecule has 1 aromatic carbocycles. The molecule has 1 saturated heterocycles. The van der Waals surface area contributed by atoms with E-state index in [2.05, 4.69) is 32.2 Å². The maximum Gasteiger partial charge on any atom is 0.226 e. The van der Waals surface area contributed by atoms with Crippen LogP contribution >= 0.6 is 0 Å². The number of carbonyl (C=O) groups excluding carboxylic acids is 1. The predicted molar refractivity (Wildman–Crippen MR) is 89.4 cm³/mol. The highest BCUT2D eigenvalue weighted by Gasteiger charge is 2.25. The molecule has 1 N–H and O–H groups in total. The summed E-state index contributed by atoms with van der Waals surface area (Å²) in [5, 5.41) is 3.19. The Hall–Kier alpha value is -1.55. The molecule has 122 valence electrons. The largest absolute Gasteiger partial charge is 0.493 e. The van der Waals surface area contributed by atoms with Crippen molar-refractivity contribution < 1.29 is 9.53 Å². The lowest BCUT2D eigenvalue weighted by atomic mass is 10.1. The standard InChI is InChI=1S/C18H28N2O2/c1-13-9-14(2)15(3)17(10-13)22-8-6-18(21)20-7-5-16(12-20)11-19-4/h9-10,16,19H,5-8,11-12H2,1-4H3. The summed E-state index contributed by atoms with van der Waals surface area (Å²) in [5.41, 5.74) is 3.59. The van der Waals surface area contributed by atoms with E-state index < -0.39 is 0 Å². The number of benzene rings is 1. The summed E-state index contributed by atoms with van der Waals surface area (Å²) in [6.07, 6.45) is 1.56. The lowest BCUT2D eigenvalue weighted by molar-refractivity contribution is -0.130. The molecule has 1 unspecified atom stereocenters. The van der Waals surface area contributed by atoms with Crippen molar-refractivity contribution in [2.75, 3.05) is 33.3 Å². The van der Waals surface area contributed by atoms with Gasteiger partial charge in [0.2, 0.25) is 5.91 Å². The first-order chi connectivity index (χ1) is 10.5. The number of carbonyl (C=O) groups is 1. The van der Waals surface area contributed by atoms with Crippen LogP contribution < -0.4 is 10.1 Å². The Kier molecular flexibility index (Phi) is 5.83. The summed E-state index contributed by atoms with van der Waals surface area (Å²) in [6.45, 7) is 9.42. The normalized spacial score (nSPS) is 17.8. The molecule has 1 heterocycles. The van der Waals surface area contributed by atoms with E-state index in [-0.39, 0.29) is 5.91 Å². The molecule has 1 atom stereocenters. The quantitative estimate of drug-likeness (QED) is 0.878. The second-order valence-corrected chi connectivity index (χ2v) is 6.36. The molecule has 0 radical (unpaired) electrons. The van der Waals surface area contributed by atoms with Crippen LogP contribution in [0.25, 0.3) is 0 Å². The van der Waals surface area contributed by atoms with Gasteiger partial charge in [-0.05, 0) is 69.5 Å². The number of ether oxygens (including phenoxy) is 1. The van der Waals surface area contributed by atoms with Crippen molar-refractivity contribution in [2.24, 2.45) is 5.92 Å². The smallest absolute Gasteiger partial charge is 0.226 e. The van der Waals surface area contributed by atoms with E-state index in [1.165, 1.54) is 11.1 Å². The fraction of sp³-hybridized carbons (Fsp3) is 0.611. The van der Waals surface area contributed by atoms with Crippen LogP contribution in [-0.4, -0.2) is 44.1 Å². The first-order valence-electron chi connectivity index (χ1n) is 8.14. The van der Waals surface area contributed by atoms with Gasteiger partial charge in [0.25, 0.3) is 0 Å². The first-order valence-corrected chi connectivity index (χ1v) is 8.14. The van der Waals surface area contributed by atoms with Crippen molar-refractivity contribution in [1.29, 1.82) is 0 Å². The van der Waals surface area contributed by atoms with E-state index >= 15 is 0 Å². The zero-order valence-corrected chi connectivity index (χ0v) is 14.2. The molecule has 1 aromatic rings. The highest BCUT2D eigenvalue weighted by atomic mass is 16.5. The van der Waals surface area contributed by atoms with Crippen molar-refractivity contribution in [2.45, 2.75) is 33.6 Å². The molecular weight excluding hydrogens is 276 g/mol. The Morgan fingerprint density at radius 3 is 2.86 bits per heavy atom. The van der Waals surface area contributed by atoms with E-state index in [0.29, 0.717) is 18.9 Å². The molecule has 4 nitrogen and oxygen atoms in total. The van der Waals surface area contributed by atoms with Crippen LogP contribution in [0.1, 0.15) is 29.5 Å². The molecule has 1 aliphatic heterocycles. The second-order valence-electron chi connectivity index (χ2n) is 6.36. The van der Waals surface area contributed by atoms with Crippen LogP contribution in [0.3, 0.4) is 0 Å². The fourth-order valence-corrected chi connectivity index (χ4v) is 3.07. The van der Waals surface area contributed by atoms with Gasteiger partial charge in [0.1, 0.15) is 5.75 Å². The Balaban J connectivity index is 1.81. The predicted octanol–water partition coefficient (Wildman–Crippen LogP) is 2.45. The van der Waals surface area contributed by atoms with Gasteiger partial charge in [-0.25, -0.2) is 0 Å². The van der Waals surface area contributed by atoms with Gasteiger partial charge in [0.15, 0.2) is 0 Å². The van der Waals surface area contributed by atoms with Crippen LogP contribution in [0.5, 0.6) is 5.75 Å². The van der Waals surface area contributed by atoms with Gasteiger partial charge in [-0.15, -0.1) is 0 Å². The topological polar surface area (TPSA) is 41.6 Å². The average molecular weight is 304 g/mol. The van der Waals surface area contributed by atoms with Crippen LogP contribution in [0.4, 0.5) is 0 Å². The van der Waals surface area contributed by atoms with Gasteiger partial charge < -0.3 is 15.0 Å². The summed E-state index contributed by atoms with van der Waals surface area (Å²) in [5.74, 6) is 1.71. The molecule has 0 bridgehead atoms. The van der Waals surface area contributed by atoms with Crippen LogP contribution in [0, 0.1) is 26.7 Å².